The first-order valence-corrected chi connectivity index (χ1v) is 7.39. The van der Waals surface area contributed by atoms with Crippen LogP contribution in [-0.4, -0.2) is 61.2 Å². The summed E-state index contributed by atoms with van der Waals surface area (Å²) < 4.78 is 16.6. The first-order chi connectivity index (χ1) is 9.93. The molecule has 0 aromatic carbocycles. The van der Waals surface area contributed by atoms with Crippen molar-refractivity contribution in [3.05, 3.63) is 4.91 Å². The summed E-state index contributed by atoms with van der Waals surface area (Å²) in [6.45, 7) is 7.37. The molecular formula is C14H27NO6. The number of nitroso groups, excluding NO2 is 1. The summed E-state index contributed by atoms with van der Waals surface area (Å²) in [6.07, 6.45) is -1.31. The minimum Gasteiger partial charge on any atom is -0.394 e. The van der Waals surface area contributed by atoms with Crippen LogP contribution in [0.25, 0.3) is 0 Å². The third kappa shape index (κ3) is 5.96. The Morgan fingerprint density at radius 1 is 1.38 bits per heavy atom. The van der Waals surface area contributed by atoms with Gasteiger partial charge < -0.3 is 24.4 Å². The Kier molecular flexibility index (Phi) is 7.69. The van der Waals surface area contributed by atoms with Crippen molar-refractivity contribution in [1.29, 1.82) is 0 Å². The fourth-order valence-corrected chi connectivity index (χ4v) is 2.16. The summed E-state index contributed by atoms with van der Waals surface area (Å²) in [5.41, 5.74) is -0.183. The van der Waals surface area contributed by atoms with Crippen LogP contribution < -0.4 is 0 Å². The molecule has 0 radical (unpaired) electrons. The predicted octanol–water partition coefficient (Wildman–Crippen LogP) is 1.06. The lowest BCUT2D eigenvalue weighted by Gasteiger charge is -2.36. The zero-order valence-corrected chi connectivity index (χ0v) is 13.0. The Morgan fingerprint density at radius 3 is 2.67 bits per heavy atom. The predicted molar refractivity (Wildman–Crippen MR) is 76.8 cm³/mol. The van der Waals surface area contributed by atoms with Crippen LogP contribution in [0.15, 0.2) is 5.18 Å². The summed E-state index contributed by atoms with van der Waals surface area (Å²) in [4.78, 5) is 10.7. The van der Waals surface area contributed by atoms with Crippen LogP contribution in [0.3, 0.4) is 0 Å². The summed E-state index contributed by atoms with van der Waals surface area (Å²) >= 11 is 0. The molecule has 124 valence electrons. The molecule has 7 nitrogen and oxygen atoms in total. The number of rotatable bonds is 9. The van der Waals surface area contributed by atoms with E-state index in [-0.39, 0.29) is 18.4 Å². The topological polar surface area (TPSA) is 97.6 Å². The SMILES string of the molecule is CCCOCC(C)(C)COC1CC(O)[C@@H](N=O)[C@@H](CO)O1. The molecule has 2 unspecified atom stereocenters. The largest absolute Gasteiger partial charge is 0.394 e. The zero-order valence-electron chi connectivity index (χ0n) is 13.0. The zero-order chi connectivity index (χ0) is 15.9. The molecule has 21 heavy (non-hydrogen) atoms. The number of aliphatic hydroxyl groups is 2. The maximum absolute atomic E-state index is 10.7. The third-order valence-electron chi connectivity index (χ3n) is 3.34. The van der Waals surface area contributed by atoms with Gasteiger partial charge in [0.1, 0.15) is 12.1 Å². The van der Waals surface area contributed by atoms with Crippen molar-refractivity contribution in [3.63, 3.8) is 0 Å². The number of ether oxygens (including phenoxy) is 3. The number of aliphatic hydroxyl groups excluding tert-OH is 2. The molecule has 0 spiro atoms. The smallest absolute Gasteiger partial charge is 0.160 e. The molecule has 0 aromatic rings. The molecule has 1 saturated heterocycles. The van der Waals surface area contributed by atoms with Crippen LogP contribution in [0.1, 0.15) is 33.6 Å². The van der Waals surface area contributed by atoms with Gasteiger partial charge in [0.25, 0.3) is 0 Å². The molecule has 0 bridgehead atoms. The lowest BCUT2D eigenvalue weighted by Crippen LogP contribution is -2.50. The van der Waals surface area contributed by atoms with Crippen LogP contribution >= 0.6 is 0 Å². The highest BCUT2D eigenvalue weighted by atomic mass is 16.7. The van der Waals surface area contributed by atoms with Gasteiger partial charge in [0.2, 0.25) is 0 Å². The van der Waals surface area contributed by atoms with Crippen molar-refractivity contribution >= 4 is 0 Å². The molecule has 0 aromatic heterocycles. The molecule has 1 aliphatic rings. The van der Waals surface area contributed by atoms with E-state index in [1.807, 2.05) is 20.8 Å². The quantitative estimate of drug-likeness (QED) is 0.488. The highest BCUT2D eigenvalue weighted by molar-refractivity contribution is 4.88. The van der Waals surface area contributed by atoms with Crippen LogP contribution in [0, 0.1) is 10.3 Å². The summed E-state index contributed by atoms with van der Waals surface area (Å²) in [7, 11) is 0. The second kappa shape index (κ2) is 8.75. The fourth-order valence-electron chi connectivity index (χ4n) is 2.16. The van der Waals surface area contributed by atoms with E-state index in [1.54, 1.807) is 0 Å². The molecule has 1 aliphatic heterocycles. The van der Waals surface area contributed by atoms with Gasteiger partial charge in [-0.1, -0.05) is 25.9 Å². The van der Waals surface area contributed by atoms with Crippen molar-refractivity contribution < 1.29 is 24.4 Å². The Bertz CT molecular complexity index is 312. The monoisotopic (exact) mass is 305 g/mol. The van der Waals surface area contributed by atoms with Gasteiger partial charge in [-0.15, -0.1) is 0 Å². The van der Waals surface area contributed by atoms with Crippen molar-refractivity contribution in [3.8, 4) is 0 Å². The molecule has 2 N–H and O–H groups in total. The summed E-state index contributed by atoms with van der Waals surface area (Å²) in [5.74, 6) is 0. The van der Waals surface area contributed by atoms with Crippen molar-refractivity contribution in [2.24, 2.45) is 10.6 Å². The standard InChI is InChI=1S/C14H27NO6/c1-4-5-19-8-14(2,3)9-20-12-6-10(17)13(15-18)11(7-16)21-12/h10-13,16-17H,4-9H2,1-3H3/t10?,11-,12?,13-/m1/s1. The van der Waals surface area contributed by atoms with Crippen molar-refractivity contribution in [2.45, 2.75) is 58.2 Å². The van der Waals surface area contributed by atoms with Gasteiger partial charge in [-0.2, -0.15) is 4.91 Å². The molecule has 7 heteroatoms. The van der Waals surface area contributed by atoms with Gasteiger partial charge >= 0.3 is 0 Å². The van der Waals surface area contributed by atoms with Gasteiger partial charge in [0, 0.05) is 18.4 Å². The normalized spacial score (nSPS) is 30.3. The van der Waals surface area contributed by atoms with E-state index < -0.39 is 24.5 Å². The first kappa shape index (κ1) is 18.4. The number of nitrogens with zero attached hydrogens (tertiary/aromatic N) is 1. The van der Waals surface area contributed by atoms with Crippen molar-refractivity contribution in [1.82, 2.24) is 0 Å². The molecule has 0 amide bonds. The highest BCUT2D eigenvalue weighted by Gasteiger charge is 2.39. The molecule has 1 fully saturated rings. The summed E-state index contributed by atoms with van der Waals surface area (Å²) in [6, 6.07) is -0.948. The van der Waals surface area contributed by atoms with E-state index in [2.05, 4.69) is 5.18 Å². The lowest BCUT2D eigenvalue weighted by molar-refractivity contribution is -0.237. The van der Waals surface area contributed by atoms with E-state index in [4.69, 9.17) is 14.2 Å². The fraction of sp³-hybridized carbons (Fsp3) is 1.00. The third-order valence-corrected chi connectivity index (χ3v) is 3.34. The first-order valence-electron chi connectivity index (χ1n) is 7.39. The van der Waals surface area contributed by atoms with Crippen LogP contribution in [0.5, 0.6) is 0 Å². The van der Waals surface area contributed by atoms with Gasteiger partial charge in [-0.3, -0.25) is 0 Å². The maximum Gasteiger partial charge on any atom is 0.160 e. The number of hydrogen-bond donors (Lipinski definition) is 2. The second-order valence-corrected chi connectivity index (χ2v) is 6.21. The van der Waals surface area contributed by atoms with Gasteiger partial charge in [0.05, 0.1) is 25.9 Å². The lowest BCUT2D eigenvalue weighted by atomic mass is 9.96. The Labute approximate surface area is 125 Å². The Hall–Kier alpha value is -0.600. The Morgan fingerprint density at radius 2 is 2.10 bits per heavy atom. The van der Waals surface area contributed by atoms with Gasteiger partial charge in [0.15, 0.2) is 6.29 Å². The van der Waals surface area contributed by atoms with Crippen LogP contribution in [0.4, 0.5) is 0 Å². The van der Waals surface area contributed by atoms with E-state index >= 15 is 0 Å². The van der Waals surface area contributed by atoms with E-state index in [0.29, 0.717) is 19.8 Å². The van der Waals surface area contributed by atoms with Crippen molar-refractivity contribution in [2.75, 3.05) is 26.4 Å². The maximum atomic E-state index is 10.7. The summed E-state index contributed by atoms with van der Waals surface area (Å²) in [5, 5.41) is 21.9. The van der Waals surface area contributed by atoms with E-state index in [0.717, 1.165) is 6.42 Å². The highest BCUT2D eigenvalue weighted by Crippen LogP contribution is 2.25. The van der Waals surface area contributed by atoms with Crippen LogP contribution in [0.2, 0.25) is 0 Å². The second-order valence-electron chi connectivity index (χ2n) is 6.21. The molecular weight excluding hydrogens is 278 g/mol. The minimum atomic E-state index is -0.960. The molecule has 0 aliphatic carbocycles. The molecule has 1 heterocycles. The van der Waals surface area contributed by atoms with E-state index in [9.17, 15) is 15.1 Å². The molecule has 4 atom stereocenters. The molecule has 1 rings (SSSR count). The van der Waals surface area contributed by atoms with E-state index in [1.165, 1.54) is 0 Å². The van der Waals surface area contributed by atoms with Gasteiger partial charge in [-0.05, 0) is 6.42 Å². The van der Waals surface area contributed by atoms with Crippen LogP contribution in [-0.2, 0) is 14.2 Å². The minimum absolute atomic E-state index is 0.165. The molecule has 0 saturated carbocycles. The average molecular weight is 305 g/mol. The average Bonchev–Trinajstić information content (AvgIpc) is 2.44. The van der Waals surface area contributed by atoms with Gasteiger partial charge in [-0.25, -0.2) is 0 Å². The Balaban J connectivity index is 2.43. The number of hydrogen-bond acceptors (Lipinski definition) is 7.